The maximum Gasteiger partial charge on any atom is 0.0683 e. The van der Waals surface area contributed by atoms with Gasteiger partial charge < -0.3 is 5.73 Å². The monoisotopic (exact) mass is 269 g/mol. The number of aromatic nitrogens is 2. The predicted molar refractivity (Wildman–Crippen MR) is 82.4 cm³/mol. The van der Waals surface area contributed by atoms with Gasteiger partial charge >= 0.3 is 0 Å². The Morgan fingerprint density at radius 1 is 1.30 bits per heavy atom. The summed E-state index contributed by atoms with van der Waals surface area (Å²) < 4.78 is 2.16. The summed E-state index contributed by atoms with van der Waals surface area (Å²) in [6, 6.07) is 10.9. The second-order valence-electron chi connectivity index (χ2n) is 6.00. The quantitative estimate of drug-likeness (QED) is 0.904. The van der Waals surface area contributed by atoms with Gasteiger partial charge in [-0.1, -0.05) is 32.0 Å². The van der Waals surface area contributed by atoms with Crippen LogP contribution in [-0.4, -0.2) is 16.3 Å². The third-order valence-electron chi connectivity index (χ3n) is 3.97. The molecule has 3 heteroatoms. The molecule has 0 bridgehead atoms. The molecule has 3 rings (SSSR count). The predicted octanol–water partition coefficient (Wildman–Crippen LogP) is 3.37. The number of nitrogens with zero attached hydrogens (tertiary/aromatic N) is 2. The maximum atomic E-state index is 5.68. The van der Waals surface area contributed by atoms with E-state index in [-0.39, 0.29) is 0 Å². The van der Waals surface area contributed by atoms with Crippen molar-refractivity contribution in [2.75, 3.05) is 6.54 Å². The molecule has 1 aromatic heterocycles. The van der Waals surface area contributed by atoms with Gasteiger partial charge in [0, 0.05) is 18.0 Å². The molecule has 106 valence electrons. The van der Waals surface area contributed by atoms with E-state index < -0.39 is 0 Å². The molecule has 0 aliphatic heterocycles. The van der Waals surface area contributed by atoms with E-state index in [4.69, 9.17) is 10.8 Å². The summed E-state index contributed by atoms with van der Waals surface area (Å²) >= 11 is 0. The number of hydrogen-bond acceptors (Lipinski definition) is 2. The number of benzene rings is 1. The van der Waals surface area contributed by atoms with Gasteiger partial charge in [-0.25, -0.2) is 4.68 Å². The highest BCUT2D eigenvalue weighted by Crippen LogP contribution is 2.41. The Morgan fingerprint density at radius 2 is 2.05 bits per heavy atom. The summed E-state index contributed by atoms with van der Waals surface area (Å²) in [5.41, 5.74) is 10.7. The van der Waals surface area contributed by atoms with Crippen molar-refractivity contribution in [2.45, 2.75) is 44.9 Å². The minimum absolute atomic E-state index is 0.500. The zero-order chi connectivity index (χ0) is 14.1. The van der Waals surface area contributed by atoms with Crippen LogP contribution in [0, 0.1) is 0 Å². The molecule has 1 heterocycles. The summed E-state index contributed by atoms with van der Waals surface area (Å²) in [5.74, 6) is 1.19. The van der Waals surface area contributed by atoms with E-state index in [9.17, 15) is 0 Å². The summed E-state index contributed by atoms with van der Waals surface area (Å²) in [6.45, 7) is 5.13. The molecule has 0 spiro atoms. The molecule has 0 unspecified atom stereocenters. The Morgan fingerprint density at radius 3 is 2.70 bits per heavy atom. The van der Waals surface area contributed by atoms with Crippen LogP contribution in [0.5, 0.6) is 0 Å². The molecular formula is C17H23N3. The molecule has 3 nitrogen and oxygen atoms in total. The lowest BCUT2D eigenvalue weighted by molar-refractivity contribution is 0.755. The van der Waals surface area contributed by atoms with Crippen LogP contribution in [0.1, 0.15) is 55.5 Å². The Hall–Kier alpha value is -1.61. The third-order valence-corrected chi connectivity index (χ3v) is 3.97. The molecule has 2 N–H and O–H groups in total. The number of rotatable bonds is 5. The van der Waals surface area contributed by atoms with E-state index in [0.717, 1.165) is 12.1 Å². The first-order valence-corrected chi connectivity index (χ1v) is 7.59. The van der Waals surface area contributed by atoms with Crippen molar-refractivity contribution in [3.8, 4) is 5.69 Å². The SMILES string of the molecule is CC(C)c1ccccc1-n1nc(CCN)cc1C1CC1. The fourth-order valence-corrected chi connectivity index (χ4v) is 2.75. The molecule has 0 saturated heterocycles. The summed E-state index contributed by atoms with van der Waals surface area (Å²) in [6.07, 6.45) is 3.44. The Bertz CT molecular complexity index is 594. The van der Waals surface area contributed by atoms with Gasteiger partial charge in [0.1, 0.15) is 0 Å². The van der Waals surface area contributed by atoms with Gasteiger partial charge in [0.05, 0.1) is 11.4 Å². The average Bonchev–Trinajstić information content (AvgIpc) is 3.20. The molecule has 1 fully saturated rings. The number of hydrogen-bond donors (Lipinski definition) is 1. The van der Waals surface area contributed by atoms with E-state index in [1.165, 1.54) is 29.8 Å². The van der Waals surface area contributed by atoms with Gasteiger partial charge in [-0.2, -0.15) is 5.10 Å². The number of para-hydroxylation sites is 1. The molecule has 0 radical (unpaired) electrons. The Kier molecular flexibility index (Phi) is 3.62. The minimum Gasteiger partial charge on any atom is -0.330 e. The fraction of sp³-hybridized carbons (Fsp3) is 0.471. The molecule has 1 aliphatic carbocycles. The first-order chi connectivity index (χ1) is 9.70. The molecule has 2 aromatic rings. The standard InChI is InChI=1S/C17H23N3/c1-12(2)15-5-3-4-6-16(15)20-17(13-7-8-13)11-14(19-20)9-10-18/h3-6,11-13H,7-10,18H2,1-2H3. The van der Waals surface area contributed by atoms with Crippen molar-refractivity contribution in [1.82, 2.24) is 9.78 Å². The van der Waals surface area contributed by atoms with Crippen LogP contribution >= 0.6 is 0 Å². The van der Waals surface area contributed by atoms with E-state index in [1.807, 2.05) is 0 Å². The van der Waals surface area contributed by atoms with Crippen LogP contribution in [0.2, 0.25) is 0 Å². The lowest BCUT2D eigenvalue weighted by Gasteiger charge is -2.14. The summed E-state index contributed by atoms with van der Waals surface area (Å²) in [5, 5.41) is 4.81. The summed E-state index contributed by atoms with van der Waals surface area (Å²) in [4.78, 5) is 0. The molecule has 0 atom stereocenters. The van der Waals surface area contributed by atoms with Gasteiger partial charge in [0.25, 0.3) is 0 Å². The fourth-order valence-electron chi connectivity index (χ4n) is 2.75. The van der Waals surface area contributed by atoms with E-state index >= 15 is 0 Å². The highest BCUT2D eigenvalue weighted by atomic mass is 15.3. The second kappa shape index (κ2) is 5.41. The average molecular weight is 269 g/mol. The van der Waals surface area contributed by atoms with Crippen molar-refractivity contribution in [3.63, 3.8) is 0 Å². The zero-order valence-corrected chi connectivity index (χ0v) is 12.3. The smallest absolute Gasteiger partial charge is 0.0683 e. The van der Waals surface area contributed by atoms with Crippen molar-refractivity contribution in [2.24, 2.45) is 5.73 Å². The Labute approximate surface area is 120 Å². The molecule has 1 aliphatic rings. The lowest BCUT2D eigenvalue weighted by Crippen LogP contribution is -2.07. The van der Waals surface area contributed by atoms with Gasteiger partial charge in [0.2, 0.25) is 0 Å². The zero-order valence-electron chi connectivity index (χ0n) is 12.3. The molecule has 20 heavy (non-hydrogen) atoms. The van der Waals surface area contributed by atoms with Crippen LogP contribution in [0.15, 0.2) is 30.3 Å². The lowest BCUT2D eigenvalue weighted by atomic mass is 10.0. The third kappa shape index (κ3) is 2.50. The van der Waals surface area contributed by atoms with Crippen molar-refractivity contribution in [1.29, 1.82) is 0 Å². The maximum absolute atomic E-state index is 5.68. The van der Waals surface area contributed by atoms with Gasteiger partial charge in [0.15, 0.2) is 0 Å². The van der Waals surface area contributed by atoms with Crippen LogP contribution in [0.4, 0.5) is 0 Å². The molecule has 1 saturated carbocycles. The van der Waals surface area contributed by atoms with Gasteiger partial charge in [-0.05, 0) is 43.0 Å². The van der Waals surface area contributed by atoms with E-state index in [1.54, 1.807) is 0 Å². The molecule has 1 aromatic carbocycles. The van der Waals surface area contributed by atoms with Gasteiger partial charge in [-0.15, -0.1) is 0 Å². The second-order valence-corrected chi connectivity index (χ2v) is 6.00. The van der Waals surface area contributed by atoms with Crippen LogP contribution in [-0.2, 0) is 6.42 Å². The normalized spacial score (nSPS) is 15.0. The van der Waals surface area contributed by atoms with E-state index in [2.05, 4.69) is 48.9 Å². The molecule has 0 amide bonds. The van der Waals surface area contributed by atoms with Crippen LogP contribution < -0.4 is 5.73 Å². The van der Waals surface area contributed by atoms with Crippen molar-refractivity contribution in [3.05, 3.63) is 47.3 Å². The first kappa shape index (κ1) is 13.4. The highest BCUT2D eigenvalue weighted by Gasteiger charge is 2.29. The number of nitrogens with two attached hydrogens (primary N) is 1. The van der Waals surface area contributed by atoms with Crippen molar-refractivity contribution < 1.29 is 0 Å². The largest absolute Gasteiger partial charge is 0.330 e. The van der Waals surface area contributed by atoms with Crippen LogP contribution in [0.25, 0.3) is 5.69 Å². The highest BCUT2D eigenvalue weighted by molar-refractivity contribution is 5.44. The summed E-state index contributed by atoms with van der Waals surface area (Å²) in [7, 11) is 0. The first-order valence-electron chi connectivity index (χ1n) is 7.59. The Balaban J connectivity index is 2.09. The van der Waals surface area contributed by atoms with Gasteiger partial charge in [-0.3, -0.25) is 0 Å². The topological polar surface area (TPSA) is 43.8 Å². The molecular weight excluding hydrogens is 246 g/mol. The van der Waals surface area contributed by atoms with E-state index in [0.29, 0.717) is 18.4 Å². The minimum atomic E-state index is 0.500. The van der Waals surface area contributed by atoms with Crippen molar-refractivity contribution >= 4 is 0 Å². The van der Waals surface area contributed by atoms with Crippen LogP contribution in [0.3, 0.4) is 0 Å².